The Balaban J connectivity index is 1.67. The second-order valence-electron chi connectivity index (χ2n) is 24.4. The van der Waals surface area contributed by atoms with E-state index in [-0.39, 0.29) is 143 Å². The van der Waals surface area contributed by atoms with E-state index in [1.165, 1.54) is 20.8 Å². The van der Waals surface area contributed by atoms with E-state index in [2.05, 4.69) is 47.9 Å². The van der Waals surface area contributed by atoms with Crippen LogP contribution in [0.15, 0.2) is 0 Å². The second-order valence-corrected chi connectivity index (χ2v) is 24.4. The summed E-state index contributed by atoms with van der Waals surface area (Å²) < 4.78 is 35.9. The molecular formula is C58H105N9O23. The van der Waals surface area contributed by atoms with Crippen molar-refractivity contribution >= 4 is 47.3 Å². The minimum Gasteiger partial charge on any atom is -0.396 e. The molecule has 3 aliphatic carbocycles. The molecule has 0 spiro atoms. The van der Waals surface area contributed by atoms with Crippen molar-refractivity contribution in [2.45, 2.75) is 196 Å². The van der Waals surface area contributed by atoms with Gasteiger partial charge in [0.2, 0.25) is 47.3 Å². The molecule has 0 heterocycles. The number of hydrogen-bond acceptors (Lipinski definition) is 24. The summed E-state index contributed by atoms with van der Waals surface area (Å²) in [6.07, 6.45) is -9.72. The molecule has 18 N–H and O–H groups in total. The van der Waals surface area contributed by atoms with Gasteiger partial charge < -0.3 is 117 Å². The first-order valence-corrected chi connectivity index (χ1v) is 31.1. The van der Waals surface area contributed by atoms with Crippen LogP contribution in [0.2, 0.25) is 0 Å². The minimum absolute atomic E-state index is 0.0915. The van der Waals surface area contributed by atoms with Crippen molar-refractivity contribution in [1.82, 2.24) is 47.9 Å². The molecule has 3 fully saturated rings. The maximum atomic E-state index is 13.8. The van der Waals surface area contributed by atoms with Gasteiger partial charge in [-0.1, -0.05) is 0 Å². The average Bonchev–Trinajstić information content (AvgIpc) is 0.947. The van der Waals surface area contributed by atoms with Crippen LogP contribution >= 0.6 is 0 Å². The highest BCUT2D eigenvalue weighted by molar-refractivity contribution is 5.84. The van der Waals surface area contributed by atoms with Crippen molar-refractivity contribution < 1.29 is 113 Å². The Morgan fingerprint density at radius 2 is 0.711 bits per heavy atom. The molecule has 6 unspecified atom stereocenters. The van der Waals surface area contributed by atoms with Gasteiger partial charge in [0, 0.05) is 135 Å². The SMILES string of the molecule is CC(=O)NC1[C@@H](O)[C@@H](O)C(CO)C[C@H]1OCCCNC(=O)CCOCC(COCCC(=O)NCCCO[C@@H]1CC(CO)[C@H](O)[C@H](O)C1NC(C)=O)(COCCC(=O)NCCCO[C@@H]1CC(CO)[C@H](O)[C@H](O)C1NC(C)=O)NC(=O)CCC(=O)NCNC(C)(C)C. The van der Waals surface area contributed by atoms with E-state index in [1.807, 2.05) is 20.8 Å². The molecule has 0 aliphatic heterocycles. The van der Waals surface area contributed by atoms with Gasteiger partial charge in [0.15, 0.2) is 0 Å². The van der Waals surface area contributed by atoms with Crippen molar-refractivity contribution in [1.29, 1.82) is 0 Å². The van der Waals surface area contributed by atoms with Crippen LogP contribution in [0.3, 0.4) is 0 Å². The van der Waals surface area contributed by atoms with Crippen molar-refractivity contribution in [2.24, 2.45) is 17.8 Å². The molecule has 0 radical (unpaired) electrons. The lowest BCUT2D eigenvalue weighted by Gasteiger charge is -2.42. The van der Waals surface area contributed by atoms with Gasteiger partial charge in [0.05, 0.1) is 101 Å². The predicted octanol–water partition coefficient (Wildman–Crippen LogP) is -6.31. The molecule has 3 rings (SSSR count). The smallest absolute Gasteiger partial charge is 0.222 e. The van der Waals surface area contributed by atoms with Crippen molar-refractivity contribution in [3.8, 4) is 0 Å². The maximum absolute atomic E-state index is 13.8. The molecule has 32 nitrogen and oxygen atoms in total. The van der Waals surface area contributed by atoms with Crippen molar-refractivity contribution in [2.75, 3.05) is 106 Å². The van der Waals surface area contributed by atoms with Crippen molar-refractivity contribution in [3.05, 3.63) is 0 Å². The van der Waals surface area contributed by atoms with Crippen LogP contribution in [-0.2, 0) is 66.8 Å². The summed E-state index contributed by atoms with van der Waals surface area (Å²) in [6, 6.07) is -2.79. The third kappa shape index (κ3) is 29.4. The first-order chi connectivity index (χ1) is 42.6. The average molecular weight is 1300 g/mol. The second kappa shape index (κ2) is 41.7. The van der Waals surface area contributed by atoms with E-state index in [0.717, 1.165) is 0 Å². The monoisotopic (exact) mass is 1300 g/mol. The third-order valence-electron chi connectivity index (χ3n) is 15.6. The standard InChI is InChI=1S/C58H105N9O23/c1-34(71)64-48-40(24-37(27-68)51(79)54(48)82)88-18-7-15-59-44(75)12-21-85-30-58(67-47(78)11-10-43(74)62-33-63-57(4,5)6,31-86-22-13-45(76)60-16-8-19-89-41-25-38(28-69)52(80)55(83)49(41)65-35(2)72)32-87-23-14-46(77)61-17-9-20-90-42-26-39(29-70)53(81)56(84)50(42)66-36(3)73/h37-42,48-56,63,68-70,79-84H,7-33H2,1-6H3,(H,59,75)(H,60,76)(H,61,77)(H,62,74)(H,64,71)(H,65,72)(H,66,73)(H,67,78)/t37?,38?,39?,40-,41-,42-,48?,49?,50?,51+,52+,53+,54-,55-,56-,58?/m1/s1. The molecule has 90 heavy (non-hydrogen) atoms. The number of carbonyl (C=O) groups excluding carboxylic acids is 8. The Morgan fingerprint density at radius 1 is 0.411 bits per heavy atom. The van der Waals surface area contributed by atoms with E-state index < -0.39 is 163 Å². The molecule has 0 aromatic heterocycles. The molecule has 15 atom stereocenters. The van der Waals surface area contributed by atoms with Crippen LogP contribution in [0.1, 0.15) is 112 Å². The van der Waals surface area contributed by atoms with Gasteiger partial charge in [-0.25, -0.2) is 0 Å². The highest BCUT2D eigenvalue weighted by Crippen LogP contribution is 2.30. The number of amides is 8. The number of ether oxygens (including phenoxy) is 6. The predicted molar refractivity (Wildman–Crippen MR) is 319 cm³/mol. The summed E-state index contributed by atoms with van der Waals surface area (Å²) in [5.41, 5.74) is -1.84. The van der Waals surface area contributed by atoms with Crippen LogP contribution in [-0.4, -0.2) is 283 Å². The number of aliphatic hydroxyl groups is 9. The van der Waals surface area contributed by atoms with E-state index in [4.69, 9.17) is 28.4 Å². The highest BCUT2D eigenvalue weighted by atomic mass is 16.5. The fraction of sp³-hybridized carbons (Fsp3) is 0.862. The highest BCUT2D eigenvalue weighted by Gasteiger charge is 2.47. The van der Waals surface area contributed by atoms with Gasteiger partial charge in [-0.15, -0.1) is 0 Å². The summed E-state index contributed by atoms with van der Waals surface area (Å²) >= 11 is 0. The Bertz CT molecular complexity index is 1990. The molecule has 3 saturated carbocycles. The Morgan fingerprint density at radius 3 is 1.00 bits per heavy atom. The third-order valence-corrected chi connectivity index (χ3v) is 15.6. The molecule has 0 bridgehead atoms. The van der Waals surface area contributed by atoms with Gasteiger partial charge in [0.1, 0.15) is 23.9 Å². The molecule has 0 aromatic carbocycles. The zero-order valence-corrected chi connectivity index (χ0v) is 53.0. The van der Waals surface area contributed by atoms with Crippen LogP contribution in [0.4, 0.5) is 0 Å². The van der Waals surface area contributed by atoms with Crippen LogP contribution in [0, 0.1) is 17.8 Å². The summed E-state index contributed by atoms with van der Waals surface area (Å²) in [4.78, 5) is 101. The van der Waals surface area contributed by atoms with Gasteiger partial charge in [0.25, 0.3) is 0 Å². The zero-order valence-electron chi connectivity index (χ0n) is 53.0. The van der Waals surface area contributed by atoms with Crippen molar-refractivity contribution in [3.63, 3.8) is 0 Å². The molecule has 32 heteroatoms. The quantitative estimate of drug-likeness (QED) is 0.0200. The number of rotatable bonds is 42. The van der Waals surface area contributed by atoms with E-state index in [0.29, 0.717) is 19.3 Å². The van der Waals surface area contributed by atoms with Crippen LogP contribution in [0.25, 0.3) is 0 Å². The van der Waals surface area contributed by atoms with Crippen LogP contribution < -0.4 is 47.9 Å². The molecule has 520 valence electrons. The topological polar surface area (TPSA) is 482 Å². The zero-order chi connectivity index (χ0) is 67.0. The van der Waals surface area contributed by atoms with Gasteiger partial charge in [-0.3, -0.25) is 43.7 Å². The molecular weight excluding hydrogens is 1190 g/mol. The summed E-state index contributed by atoms with van der Waals surface area (Å²) in [5.74, 6) is -5.67. The minimum atomic E-state index is -1.54. The van der Waals surface area contributed by atoms with Crippen LogP contribution in [0.5, 0.6) is 0 Å². The van der Waals surface area contributed by atoms with Gasteiger partial charge in [-0.2, -0.15) is 0 Å². The molecule has 3 aliphatic rings. The summed E-state index contributed by atoms with van der Waals surface area (Å²) in [7, 11) is 0. The normalized spacial score (nSPS) is 27.5. The molecule has 8 amide bonds. The Kier molecular flexibility index (Phi) is 36.7. The van der Waals surface area contributed by atoms with Gasteiger partial charge in [-0.05, 0) is 59.3 Å². The first kappa shape index (κ1) is 79.4. The number of hydrogen-bond donors (Lipinski definition) is 18. The number of carbonyl (C=O) groups is 8. The lowest BCUT2D eigenvalue weighted by Crippen LogP contribution is -2.61. The molecule has 0 aromatic rings. The fourth-order valence-corrected chi connectivity index (χ4v) is 10.7. The number of aliphatic hydroxyl groups excluding tert-OH is 9. The number of nitrogens with one attached hydrogen (secondary N) is 9. The summed E-state index contributed by atoms with van der Waals surface area (Å²) in [6.45, 7) is 7.66. The van der Waals surface area contributed by atoms with E-state index in [9.17, 15) is 84.3 Å². The van der Waals surface area contributed by atoms with E-state index in [1.54, 1.807) is 0 Å². The summed E-state index contributed by atoms with van der Waals surface area (Å²) in [5, 5.41) is 117. The lowest BCUT2D eigenvalue weighted by atomic mass is 9.79. The van der Waals surface area contributed by atoms with Gasteiger partial charge >= 0.3 is 0 Å². The van der Waals surface area contributed by atoms with E-state index >= 15 is 0 Å². The fourth-order valence-electron chi connectivity index (χ4n) is 10.7. The first-order valence-electron chi connectivity index (χ1n) is 31.1. The lowest BCUT2D eigenvalue weighted by molar-refractivity contribution is -0.142. The Hall–Kier alpha value is -4.88. The molecule has 0 saturated heterocycles. The largest absolute Gasteiger partial charge is 0.396 e. The maximum Gasteiger partial charge on any atom is 0.222 e. The Labute approximate surface area is 526 Å².